The van der Waals surface area contributed by atoms with Gasteiger partial charge in [-0.1, -0.05) is 18.2 Å². The molecule has 0 saturated carbocycles. The van der Waals surface area contributed by atoms with Crippen molar-refractivity contribution < 1.29 is 9.53 Å². The van der Waals surface area contributed by atoms with Gasteiger partial charge in [-0.05, 0) is 30.4 Å². The van der Waals surface area contributed by atoms with E-state index in [1.54, 1.807) is 29.9 Å². The molecule has 0 amide bonds. The minimum absolute atomic E-state index is 0.164. The van der Waals surface area contributed by atoms with Crippen LogP contribution in [0.5, 0.6) is 5.88 Å². The van der Waals surface area contributed by atoms with Crippen LogP contribution in [0.3, 0.4) is 0 Å². The number of hydrogen-bond donors (Lipinski definition) is 0. The van der Waals surface area contributed by atoms with E-state index in [4.69, 9.17) is 4.74 Å². The molecule has 5 nitrogen and oxygen atoms in total. The van der Waals surface area contributed by atoms with Crippen molar-refractivity contribution in [3.05, 3.63) is 60.1 Å². The van der Waals surface area contributed by atoms with Gasteiger partial charge < -0.3 is 9.30 Å². The number of rotatable bonds is 4. The average Bonchev–Trinajstić information content (AvgIpc) is 2.90. The second-order valence-corrected chi connectivity index (χ2v) is 4.79. The second kappa shape index (κ2) is 5.81. The molecule has 0 N–H and O–H groups in total. The van der Waals surface area contributed by atoms with Gasteiger partial charge in [-0.3, -0.25) is 4.79 Å². The molecular weight excluding hydrogens is 278 g/mol. The summed E-state index contributed by atoms with van der Waals surface area (Å²) < 4.78 is 6.85. The maximum absolute atomic E-state index is 12.3. The molecule has 0 unspecified atom stereocenters. The number of carbonyl (C=O) groups is 1. The zero-order valence-corrected chi connectivity index (χ0v) is 12.4. The largest absolute Gasteiger partial charge is 0.481 e. The summed E-state index contributed by atoms with van der Waals surface area (Å²) in [7, 11) is 3.39. The number of pyridine rings is 1. The van der Waals surface area contributed by atoms with E-state index in [1.807, 2.05) is 37.4 Å². The van der Waals surface area contributed by atoms with Crippen LogP contribution in [-0.4, -0.2) is 27.4 Å². The lowest BCUT2D eigenvalue weighted by Gasteiger charge is -1.99. The number of ketones is 1. The summed E-state index contributed by atoms with van der Waals surface area (Å²) in [6.45, 7) is 0. The Balaban J connectivity index is 1.89. The number of carbonyl (C=O) groups excluding carboxylic acids is 1. The number of methoxy groups -OCH3 is 1. The van der Waals surface area contributed by atoms with E-state index in [2.05, 4.69) is 9.97 Å². The molecule has 3 aromatic rings. The zero-order valence-electron chi connectivity index (χ0n) is 12.4. The van der Waals surface area contributed by atoms with Crippen molar-refractivity contribution in [2.75, 3.05) is 7.11 Å². The highest BCUT2D eigenvalue weighted by molar-refractivity contribution is 6.06. The standard InChI is InChI=1S/C17H15N3O2/c1-20-14-8-4-3-7-13(14)19-17(20)15(21)11-10-12-6-5-9-16(18-12)22-2/h3-11H,1-2H3/b11-10+. The van der Waals surface area contributed by atoms with Crippen LogP contribution in [0.4, 0.5) is 0 Å². The maximum Gasteiger partial charge on any atom is 0.221 e. The van der Waals surface area contributed by atoms with Gasteiger partial charge in [0.2, 0.25) is 11.7 Å². The Hall–Kier alpha value is -2.95. The number of benzene rings is 1. The Morgan fingerprint density at radius 1 is 1.14 bits per heavy atom. The number of ether oxygens (including phenoxy) is 1. The summed E-state index contributed by atoms with van der Waals surface area (Å²) >= 11 is 0. The topological polar surface area (TPSA) is 57.0 Å². The molecule has 0 aliphatic carbocycles. The minimum atomic E-state index is -0.164. The molecule has 0 bridgehead atoms. The maximum atomic E-state index is 12.3. The molecule has 0 saturated heterocycles. The molecular formula is C17H15N3O2. The van der Waals surface area contributed by atoms with Gasteiger partial charge in [0.25, 0.3) is 0 Å². The van der Waals surface area contributed by atoms with Crippen molar-refractivity contribution >= 4 is 22.9 Å². The number of aryl methyl sites for hydroxylation is 1. The van der Waals surface area contributed by atoms with Crippen LogP contribution in [-0.2, 0) is 7.05 Å². The van der Waals surface area contributed by atoms with E-state index < -0.39 is 0 Å². The van der Waals surface area contributed by atoms with Crippen LogP contribution < -0.4 is 4.74 Å². The summed E-state index contributed by atoms with van der Waals surface area (Å²) in [6.07, 6.45) is 3.13. The monoisotopic (exact) mass is 293 g/mol. The minimum Gasteiger partial charge on any atom is -0.481 e. The van der Waals surface area contributed by atoms with E-state index in [1.165, 1.54) is 6.08 Å². The molecule has 2 aromatic heterocycles. The lowest BCUT2D eigenvalue weighted by atomic mass is 10.2. The first-order valence-corrected chi connectivity index (χ1v) is 6.84. The van der Waals surface area contributed by atoms with Gasteiger partial charge in [-0.2, -0.15) is 0 Å². The predicted octanol–water partition coefficient (Wildman–Crippen LogP) is 2.87. The SMILES string of the molecule is COc1cccc(/C=C/C(=O)c2nc3ccccc3n2C)n1. The smallest absolute Gasteiger partial charge is 0.221 e. The van der Waals surface area contributed by atoms with Gasteiger partial charge in [-0.25, -0.2) is 9.97 Å². The Kier molecular flexibility index (Phi) is 3.70. The number of hydrogen-bond acceptors (Lipinski definition) is 4. The van der Waals surface area contributed by atoms with Gasteiger partial charge in [0.05, 0.1) is 23.8 Å². The summed E-state index contributed by atoms with van der Waals surface area (Å²) in [6, 6.07) is 13.0. The Morgan fingerprint density at radius 3 is 2.73 bits per heavy atom. The van der Waals surface area contributed by atoms with Crippen LogP contribution in [0.15, 0.2) is 48.5 Å². The molecule has 0 atom stereocenters. The fourth-order valence-corrected chi connectivity index (χ4v) is 2.24. The van der Waals surface area contributed by atoms with E-state index in [-0.39, 0.29) is 5.78 Å². The fraction of sp³-hybridized carbons (Fsp3) is 0.118. The number of para-hydroxylation sites is 2. The second-order valence-electron chi connectivity index (χ2n) is 4.79. The van der Waals surface area contributed by atoms with Gasteiger partial charge in [0.1, 0.15) is 0 Å². The van der Waals surface area contributed by atoms with Crippen molar-refractivity contribution in [2.24, 2.45) is 7.05 Å². The molecule has 0 aliphatic rings. The third-order valence-corrected chi connectivity index (χ3v) is 3.37. The van der Waals surface area contributed by atoms with Crippen LogP contribution >= 0.6 is 0 Å². The fourth-order valence-electron chi connectivity index (χ4n) is 2.24. The molecule has 0 fully saturated rings. The Bertz CT molecular complexity index is 865. The first-order valence-electron chi connectivity index (χ1n) is 6.84. The molecule has 5 heteroatoms. The lowest BCUT2D eigenvalue weighted by molar-refractivity contribution is 0.103. The van der Waals surface area contributed by atoms with Gasteiger partial charge in [0, 0.05) is 13.1 Å². The average molecular weight is 293 g/mol. The highest BCUT2D eigenvalue weighted by Crippen LogP contribution is 2.15. The van der Waals surface area contributed by atoms with Crippen LogP contribution in [0, 0.1) is 0 Å². The van der Waals surface area contributed by atoms with Gasteiger partial charge in [-0.15, -0.1) is 0 Å². The highest BCUT2D eigenvalue weighted by Gasteiger charge is 2.12. The molecule has 1 aromatic carbocycles. The summed E-state index contributed by atoms with van der Waals surface area (Å²) in [5.74, 6) is 0.751. The van der Waals surface area contributed by atoms with Crippen molar-refractivity contribution in [1.29, 1.82) is 0 Å². The van der Waals surface area contributed by atoms with Crippen LogP contribution in [0.25, 0.3) is 17.1 Å². The number of nitrogens with zero attached hydrogens (tertiary/aromatic N) is 3. The zero-order chi connectivity index (χ0) is 15.5. The van der Waals surface area contributed by atoms with Gasteiger partial charge >= 0.3 is 0 Å². The number of aromatic nitrogens is 3. The summed E-state index contributed by atoms with van der Waals surface area (Å²) in [5, 5.41) is 0. The predicted molar refractivity (Wildman–Crippen MR) is 84.9 cm³/mol. The Labute approximate surface area is 127 Å². The van der Waals surface area contributed by atoms with Crippen molar-refractivity contribution in [3.63, 3.8) is 0 Å². The first kappa shape index (κ1) is 14.0. The molecule has 0 spiro atoms. The van der Waals surface area contributed by atoms with Crippen LogP contribution in [0.2, 0.25) is 0 Å². The van der Waals surface area contributed by atoms with E-state index in [9.17, 15) is 4.79 Å². The molecule has 0 radical (unpaired) electrons. The highest BCUT2D eigenvalue weighted by atomic mass is 16.5. The normalized spacial score (nSPS) is 11.2. The third-order valence-electron chi connectivity index (χ3n) is 3.37. The molecule has 0 aliphatic heterocycles. The number of allylic oxidation sites excluding steroid dienone is 1. The molecule has 110 valence electrons. The number of fused-ring (bicyclic) bond motifs is 1. The lowest BCUT2D eigenvalue weighted by Crippen LogP contribution is -2.04. The molecule has 22 heavy (non-hydrogen) atoms. The quantitative estimate of drug-likeness (QED) is 0.548. The van der Waals surface area contributed by atoms with E-state index in [0.717, 1.165) is 11.0 Å². The summed E-state index contributed by atoms with van der Waals surface area (Å²) in [5.41, 5.74) is 2.39. The molecule has 3 rings (SSSR count). The van der Waals surface area contributed by atoms with E-state index in [0.29, 0.717) is 17.4 Å². The van der Waals surface area contributed by atoms with Crippen molar-refractivity contribution in [1.82, 2.24) is 14.5 Å². The van der Waals surface area contributed by atoms with Crippen molar-refractivity contribution in [3.8, 4) is 5.88 Å². The summed E-state index contributed by atoms with van der Waals surface area (Å²) in [4.78, 5) is 20.9. The number of imidazole rings is 1. The Morgan fingerprint density at radius 2 is 1.95 bits per heavy atom. The van der Waals surface area contributed by atoms with Crippen LogP contribution in [0.1, 0.15) is 16.3 Å². The van der Waals surface area contributed by atoms with Gasteiger partial charge in [0.15, 0.2) is 5.82 Å². The first-order chi connectivity index (χ1) is 10.7. The third kappa shape index (κ3) is 2.61. The molecule has 2 heterocycles. The van der Waals surface area contributed by atoms with Crippen molar-refractivity contribution in [2.45, 2.75) is 0 Å². The van der Waals surface area contributed by atoms with E-state index >= 15 is 0 Å².